The van der Waals surface area contributed by atoms with E-state index in [9.17, 15) is 13.7 Å². The smallest absolute Gasteiger partial charge is 0.216 e. The Hall–Kier alpha value is -1.90. The van der Waals surface area contributed by atoms with E-state index in [1.165, 1.54) is 18.2 Å². The Morgan fingerprint density at radius 1 is 1.14 bits per heavy atom. The van der Waals surface area contributed by atoms with Crippen molar-refractivity contribution in [1.82, 2.24) is 0 Å². The van der Waals surface area contributed by atoms with E-state index in [4.69, 9.17) is 0 Å². The molecule has 21 heavy (non-hydrogen) atoms. The number of aryl methyl sites for hydroxylation is 1. The zero-order chi connectivity index (χ0) is 15.5. The first kappa shape index (κ1) is 15.5. The van der Waals surface area contributed by atoms with Crippen molar-refractivity contribution in [3.05, 3.63) is 69.0 Å². The van der Waals surface area contributed by atoms with Crippen LogP contribution in [-0.2, 0) is 9.84 Å². The Labute approximate surface area is 132 Å². The van der Waals surface area contributed by atoms with Gasteiger partial charge in [0.15, 0.2) is 0 Å². The van der Waals surface area contributed by atoms with Crippen molar-refractivity contribution < 1.29 is 8.42 Å². The van der Waals surface area contributed by atoms with E-state index < -0.39 is 9.84 Å². The molecule has 0 heterocycles. The highest BCUT2D eigenvalue weighted by Gasteiger charge is 2.20. The van der Waals surface area contributed by atoms with Crippen LogP contribution in [0.3, 0.4) is 0 Å². The summed E-state index contributed by atoms with van der Waals surface area (Å²) in [7, 11) is -3.80. The van der Waals surface area contributed by atoms with E-state index in [1.807, 2.05) is 13.0 Å². The Kier molecular flexibility index (Phi) is 4.61. The van der Waals surface area contributed by atoms with E-state index in [1.54, 1.807) is 36.4 Å². The number of halogens is 1. The molecule has 2 rings (SSSR count). The molecule has 0 aliphatic rings. The van der Waals surface area contributed by atoms with Crippen molar-refractivity contribution in [3.8, 4) is 6.07 Å². The first-order valence-corrected chi connectivity index (χ1v) is 8.41. The second-order valence-electron chi connectivity index (χ2n) is 4.46. The van der Waals surface area contributed by atoms with Crippen molar-refractivity contribution in [2.75, 3.05) is 0 Å². The van der Waals surface area contributed by atoms with E-state index >= 15 is 0 Å². The summed E-state index contributed by atoms with van der Waals surface area (Å²) in [6.45, 7) is 1.87. The van der Waals surface area contributed by atoms with E-state index in [0.29, 0.717) is 5.56 Å². The average Bonchev–Trinajstić information content (AvgIpc) is 2.46. The summed E-state index contributed by atoms with van der Waals surface area (Å²) in [4.78, 5) is -0.161. The van der Waals surface area contributed by atoms with Gasteiger partial charge in [-0.15, -0.1) is 0 Å². The molecule has 0 saturated carbocycles. The minimum Gasteiger partial charge on any atom is -0.218 e. The van der Waals surface area contributed by atoms with Crippen molar-refractivity contribution in [2.24, 2.45) is 0 Å². The molecule has 0 bridgehead atoms. The van der Waals surface area contributed by atoms with Crippen LogP contribution in [0, 0.1) is 18.3 Å². The molecule has 0 atom stereocenters. The Morgan fingerprint density at radius 3 is 2.33 bits per heavy atom. The minimum atomic E-state index is -3.80. The molecule has 5 heteroatoms. The number of allylic oxidation sites excluding steroid dienone is 1. The summed E-state index contributed by atoms with van der Waals surface area (Å²) < 4.78 is 25.7. The zero-order valence-corrected chi connectivity index (χ0v) is 13.6. The summed E-state index contributed by atoms with van der Waals surface area (Å²) in [6, 6.07) is 15.4. The maximum Gasteiger partial charge on any atom is 0.216 e. The van der Waals surface area contributed by atoms with Crippen LogP contribution in [0.5, 0.6) is 0 Å². The molecule has 0 fully saturated rings. The van der Waals surface area contributed by atoms with Crippen molar-refractivity contribution >= 4 is 31.8 Å². The fourth-order valence-corrected chi connectivity index (χ4v) is 3.30. The Balaban J connectivity index is 2.53. The molecule has 3 nitrogen and oxygen atoms in total. The first-order valence-electron chi connectivity index (χ1n) is 6.13. The first-order chi connectivity index (χ1) is 9.95. The third-order valence-corrected chi connectivity index (χ3v) is 5.33. The summed E-state index contributed by atoms with van der Waals surface area (Å²) in [6.07, 6.45) is 1.37. The quantitative estimate of drug-likeness (QED) is 0.773. The van der Waals surface area contributed by atoms with Crippen LogP contribution in [-0.4, -0.2) is 8.42 Å². The van der Waals surface area contributed by atoms with Gasteiger partial charge >= 0.3 is 0 Å². The molecule has 0 saturated heterocycles. The molecule has 2 aromatic carbocycles. The number of rotatable bonds is 3. The second-order valence-corrected chi connectivity index (χ2v) is 7.23. The third-order valence-electron chi connectivity index (χ3n) is 2.92. The third kappa shape index (κ3) is 3.41. The van der Waals surface area contributed by atoms with Gasteiger partial charge in [0.2, 0.25) is 9.84 Å². The Morgan fingerprint density at radius 2 is 1.76 bits per heavy atom. The topological polar surface area (TPSA) is 57.9 Å². The maximum absolute atomic E-state index is 12.5. The van der Waals surface area contributed by atoms with Crippen LogP contribution in [0.15, 0.2) is 62.8 Å². The van der Waals surface area contributed by atoms with Crippen LogP contribution in [0.25, 0.3) is 6.08 Å². The molecule has 0 aliphatic heterocycles. The lowest BCUT2D eigenvalue weighted by Gasteiger charge is -2.04. The van der Waals surface area contributed by atoms with Gasteiger partial charge in [-0.05, 0) is 36.8 Å². The monoisotopic (exact) mass is 361 g/mol. The van der Waals surface area contributed by atoms with Gasteiger partial charge in [-0.25, -0.2) is 8.42 Å². The molecule has 0 amide bonds. The van der Waals surface area contributed by atoms with E-state index in [2.05, 4.69) is 15.9 Å². The molecule has 2 aromatic rings. The van der Waals surface area contributed by atoms with Crippen LogP contribution in [0.4, 0.5) is 0 Å². The normalized spacial score (nSPS) is 12.0. The number of nitriles is 1. The van der Waals surface area contributed by atoms with Gasteiger partial charge in [-0.2, -0.15) is 5.26 Å². The van der Waals surface area contributed by atoms with Crippen LogP contribution < -0.4 is 0 Å². The summed E-state index contributed by atoms with van der Waals surface area (Å²) in [5, 5.41) is 9.22. The van der Waals surface area contributed by atoms with Crippen molar-refractivity contribution in [3.63, 3.8) is 0 Å². The second kappa shape index (κ2) is 6.25. The van der Waals surface area contributed by atoms with Gasteiger partial charge in [0.05, 0.1) is 4.90 Å². The lowest BCUT2D eigenvalue weighted by molar-refractivity contribution is 0.603. The highest BCUT2D eigenvalue weighted by Crippen LogP contribution is 2.24. The molecule has 0 aliphatic carbocycles. The van der Waals surface area contributed by atoms with Gasteiger partial charge in [-0.3, -0.25) is 0 Å². The number of nitrogens with zero attached hydrogens (tertiary/aromatic N) is 1. The highest BCUT2D eigenvalue weighted by molar-refractivity contribution is 9.10. The maximum atomic E-state index is 12.5. The Bertz CT molecular complexity index is 831. The number of hydrogen-bond donors (Lipinski definition) is 0. The molecular formula is C16H12BrNO2S. The molecule has 0 N–H and O–H groups in total. The van der Waals surface area contributed by atoms with Gasteiger partial charge < -0.3 is 0 Å². The van der Waals surface area contributed by atoms with Gasteiger partial charge in [0, 0.05) is 4.47 Å². The van der Waals surface area contributed by atoms with Crippen molar-refractivity contribution in [2.45, 2.75) is 11.8 Å². The van der Waals surface area contributed by atoms with Gasteiger partial charge in [0.1, 0.15) is 11.0 Å². The highest BCUT2D eigenvalue weighted by atomic mass is 79.9. The van der Waals surface area contributed by atoms with E-state index in [-0.39, 0.29) is 9.80 Å². The van der Waals surface area contributed by atoms with Crippen LogP contribution in [0.1, 0.15) is 11.1 Å². The predicted octanol–water partition coefficient (Wildman–Crippen LogP) is 4.10. The van der Waals surface area contributed by atoms with Gasteiger partial charge in [0.25, 0.3) is 0 Å². The SMILES string of the molecule is Cc1ccc(S(=O)(=O)/C(C#N)=C\c2ccccc2Br)cc1. The van der Waals surface area contributed by atoms with Crippen molar-refractivity contribution in [1.29, 1.82) is 5.26 Å². The lowest BCUT2D eigenvalue weighted by atomic mass is 10.2. The summed E-state index contributed by atoms with van der Waals surface area (Å²) in [5.41, 5.74) is 1.60. The minimum absolute atomic E-state index is 0.118. The fourth-order valence-electron chi connectivity index (χ4n) is 1.75. The summed E-state index contributed by atoms with van der Waals surface area (Å²) >= 11 is 3.34. The standard InChI is InChI=1S/C16H12BrNO2S/c1-12-6-8-14(9-7-12)21(19,20)15(11-18)10-13-4-2-3-5-16(13)17/h2-10H,1H3/b15-10-. The lowest BCUT2D eigenvalue weighted by Crippen LogP contribution is -2.03. The summed E-state index contributed by atoms with van der Waals surface area (Å²) in [5.74, 6) is 0. The molecular weight excluding hydrogens is 350 g/mol. The largest absolute Gasteiger partial charge is 0.218 e. The molecule has 106 valence electrons. The van der Waals surface area contributed by atoms with E-state index in [0.717, 1.165) is 10.0 Å². The number of hydrogen-bond acceptors (Lipinski definition) is 3. The molecule has 0 radical (unpaired) electrons. The fraction of sp³-hybridized carbons (Fsp3) is 0.0625. The average molecular weight is 362 g/mol. The number of sulfone groups is 1. The molecule has 0 spiro atoms. The predicted molar refractivity (Wildman–Crippen MR) is 86.1 cm³/mol. The van der Waals surface area contributed by atoms with Crippen LogP contribution >= 0.6 is 15.9 Å². The van der Waals surface area contributed by atoms with Gasteiger partial charge in [-0.1, -0.05) is 51.8 Å². The molecule has 0 unspecified atom stereocenters. The number of benzene rings is 2. The van der Waals surface area contributed by atoms with Crippen LogP contribution in [0.2, 0.25) is 0 Å². The zero-order valence-electron chi connectivity index (χ0n) is 11.2. The molecule has 0 aromatic heterocycles.